The molecule has 124 valence electrons. The van der Waals surface area contributed by atoms with Gasteiger partial charge < -0.3 is 10.2 Å². The number of amides is 1. The summed E-state index contributed by atoms with van der Waals surface area (Å²) in [6.45, 7) is 4.76. The van der Waals surface area contributed by atoms with E-state index in [2.05, 4.69) is 27.8 Å². The number of rotatable bonds is 5. The van der Waals surface area contributed by atoms with Gasteiger partial charge in [-0.25, -0.2) is 4.68 Å². The first-order chi connectivity index (χ1) is 10.8. The molecule has 1 unspecified atom stereocenters. The van der Waals surface area contributed by atoms with Gasteiger partial charge in [0.2, 0.25) is 0 Å². The number of halogens is 1. The van der Waals surface area contributed by atoms with Crippen LogP contribution in [0.1, 0.15) is 30.1 Å². The molecule has 23 heavy (non-hydrogen) atoms. The van der Waals surface area contributed by atoms with E-state index in [1.807, 2.05) is 29.2 Å². The highest BCUT2D eigenvalue weighted by molar-refractivity contribution is 5.94. The van der Waals surface area contributed by atoms with Crippen molar-refractivity contribution in [1.29, 1.82) is 0 Å². The van der Waals surface area contributed by atoms with E-state index in [0.717, 1.165) is 38.2 Å². The molecule has 1 aromatic carbocycles. The van der Waals surface area contributed by atoms with Crippen molar-refractivity contribution in [2.24, 2.45) is 0 Å². The number of carbonyl (C=O) groups excluding carboxylic acids is 1. The summed E-state index contributed by atoms with van der Waals surface area (Å²) in [6.07, 6.45) is 3.52. The van der Waals surface area contributed by atoms with Crippen LogP contribution >= 0.6 is 12.4 Å². The maximum absolute atomic E-state index is 12.8. The van der Waals surface area contributed by atoms with Crippen molar-refractivity contribution in [2.75, 3.05) is 19.6 Å². The number of hydrogen-bond donors (Lipinski definition) is 1. The van der Waals surface area contributed by atoms with Gasteiger partial charge >= 0.3 is 0 Å². The summed E-state index contributed by atoms with van der Waals surface area (Å²) in [6, 6.07) is 7.70. The van der Waals surface area contributed by atoms with Gasteiger partial charge in [-0.15, -0.1) is 17.5 Å². The second-order valence-electron chi connectivity index (χ2n) is 5.45. The smallest absolute Gasteiger partial charge is 0.254 e. The first-order valence-corrected chi connectivity index (χ1v) is 7.64. The Labute approximate surface area is 141 Å². The molecule has 1 aliphatic heterocycles. The van der Waals surface area contributed by atoms with E-state index in [-0.39, 0.29) is 18.3 Å². The van der Waals surface area contributed by atoms with Crippen molar-refractivity contribution >= 4 is 18.3 Å². The van der Waals surface area contributed by atoms with Crippen LogP contribution < -0.4 is 5.32 Å². The van der Waals surface area contributed by atoms with Crippen molar-refractivity contribution in [3.8, 4) is 5.69 Å². The largest absolute Gasteiger partial charge is 0.334 e. The fourth-order valence-corrected chi connectivity index (χ4v) is 2.80. The van der Waals surface area contributed by atoms with Gasteiger partial charge in [-0.3, -0.25) is 4.79 Å². The van der Waals surface area contributed by atoms with E-state index in [9.17, 15) is 4.79 Å². The average Bonchev–Trinajstić information content (AvgIpc) is 3.25. The summed E-state index contributed by atoms with van der Waals surface area (Å²) >= 11 is 0. The minimum Gasteiger partial charge on any atom is -0.334 e. The summed E-state index contributed by atoms with van der Waals surface area (Å²) in [5, 5.41) is 14.4. The third-order valence-corrected chi connectivity index (χ3v) is 3.93. The van der Waals surface area contributed by atoms with Gasteiger partial charge in [-0.05, 0) is 54.1 Å². The van der Waals surface area contributed by atoms with E-state index in [1.54, 1.807) is 4.68 Å². The zero-order valence-electron chi connectivity index (χ0n) is 13.1. The number of nitrogens with zero attached hydrogens (tertiary/aromatic N) is 5. The van der Waals surface area contributed by atoms with Gasteiger partial charge in [0, 0.05) is 24.7 Å². The molecule has 0 aliphatic carbocycles. The highest BCUT2D eigenvalue weighted by Crippen LogP contribution is 2.15. The molecule has 2 aromatic rings. The molecular weight excluding hydrogens is 316 g/mol. The number of tetrazole rings is 1. The molecule has 0 bridgehead atoms. The summed E-state index contributed by atoms with van der Waals surface area (Å²) in [4.78, 5) is 14.8. The molecule has 1 aliphatic rings. The Morgan fingerprint density at radius 2 is 2.17 bits per heavy atom. The molecular formula is C15H21ClN6O. The minimum absolute atomic E-state index is 0. The number of carbonyl (C=O) groups is 1. The lowest BCUT2D eigenvalue weighted by Crippen LogP contribution is -2.42. The van der Waals surface area contributed by atoms with Crippen molar-refractivity contribution in [2.45, 2.75) is 25.8 Å². The fraction of sp³-hybridized carbons (Fsp3) is 0.467. The normalized spacial score (nSPS) is 16.8. The maximum atomic E-state index is 12.8. The number of nitrogens with one attached hydrogen (secondary N) is 1. The summed E-state index contributed by atoms with van der Waals surface area (Å²) in [7, 11) is 0. The molecule has 3 rings (SSSR count). The number of aromatic nitrogens is 4. The molecule has 0 saturated carbocycles. The third kappa shape index (κ3) is 3.86. The molecule has 8 heteroatoms. The molecule has 7 nitrogen and oxygen atoms in total. The van der Waals surface area contributed by atoms with Crippen LogP contribution in [0.2, 0.25) is 0 Å². The predicted octanol–water partition coefficient (Wildman–Crippen LogP) is 1.30. The molecule has 1 amide bonds. The van der Waals surface area contributed by atoms with Crippen LogP contribution in [0.5, 0.6) is 0 Å². The van der Waals surface area contributed by atoms with Crippen LogP contribution in [-0.4, -0.2) is 56.7 Å². The first-order valence-electron chi connectivity index (χ1n) is 7.64. The zero-order chi connectivity index (χ0) is 15.4. The highest BCUT2D eigenvalue weighted by atomic mass is 35.5. The lowest BCUT2D eigenvalue weighted by Gasteiger charge is -2.28. The van der Waals surface area contributed by atoms with E-state index < -0.39 is 0 Å². The van der Waals surface area contributed by atoms with Crippen LogP contribution in [-0.2, 0) is 0 Å². The quantitative estimate of drug-likeness (QED) is 0.890. The van der Waals surface area contributed by atoms with Crippen LogP contribution in [0, 0.1) is 0 Å². The van der Waals surface area contributed by atoms with Gasteiger partial charge in [0.05, 0.1) is 5.69 Å². The second kappa shape index (κ2) is 8.03. The van der Waals surface area contributed by atoms with E-state index in [1.165, 1.54) is 6.33 Å². The minimum atomic E-state index is 0. The van der Waals surface area contributed by atoms with Crippen LogP contribution in [0.25, 0.3) is 5.69 Å². The van der Waals surface area contributed by atoms with E-state index >= 15 is 0 Å². The van der Waals surface area contributed by atoms with Gasteiger partial charge in [-0.1, -0.05) is 6.92 Å². The molecule has 1 saturated heterocycles. The van der Waals surface area contributed by atoms with E-state index in [4.69, 9.17) is 0 Å². The monoisotopic (exact) mass is 336 g/mol. The SMILES string of the molecule is CCCN(C(=O)c1ccc(-n2cnnn2)cc1)C1CCNC1.Cl. The zero-order valence-corrected chi connectivity index (χ0v) is 13.9. The molecule has 0 radical (unpaired) electrons. The molecule has 1 aromatic heterocycles. The Morgan fingerprint density at radius 1 is 1.39 bits per heavy atom. The topological polar surface area (TPSA) is 75.9 Å². The van der Waals surface area contributed by atoms with Crippen molar-refractivity contribution in [3.63, 3.8) is 0 Å². The maximum Gasteiger partial charge on any atom is 0.254 e. The van der Waals surface area contributed by atoms with Crippen LogP contribution in [0.15, 0.2) is 30.6 Å². The Bertz CT molecular complexity index is 609. The van der Waals surface area contributed by atoms with Crippen molar-refractivity contribution in [3.05, 3.63) is 36.2 Å². The standard InChI is InChI=1S/C15H20N6O.ClH/c1-2-9-20(14-7-8-16-10-14)15(22)12-3-5-13(6-4-12)21-11-17-18-19-21;/h3-6,11,14,16H,2,7-10H2,1H3;1H. The molecule has 2 heterocycles. The molecule has 1 N–H and O–H groups in total. The summed E-state index contributed by atoms with van der Waals surface area (Å²) in [5.74, 6) is 0.0961. The number of benzene rings is 1. The first kappa shape index (κ1) is 17.4. The summed E-state index contributed by atoms with van der Waals surface area (Å²) < 4.78 is 1.57. The van der Waals surface area contributed by atoms with Crippen LogP contribution in [0.4, 0.5) is 0 Å². The second-order valence-corrected chi connectivity index (χ2v) is 5.45. The lowest BCUT2D eigenvalue weighted by atomic mass is 10.1. The van der Waals surface area contributed by atoms with Crippen molar-refractivity contribution in [1.82, 2.24) is 30.4 Å². The summed E-state index contributed by atoms with van der Waals surface area (Å²) in [5.41, 5.74) is 1.54. The molecule has 1 fully saturated rings. The Morgan fingerprint density at radius 3 is 2.74 bits per heavy atom. The average molecular weight is 337 g/mol. The highest BCUT2D eigenvalue weighted by Gasteiger charge is 2.26. The third-order valence-electron chi connectivity index (χ3n) is 3.93. The van der Waals surface area contributed by atoms with Crippen LogP contribution in [0.3, 0.4) is 0 Å². The van der Waals surface area contributed by atoms with Crippen molar-refractivity contribution < 1.29 is 4.79 Å². The Kier molecular flexibility index (Phi) is 6.06. The number of hydrogen-bond acceptors (Lipinski definition) is 5. The van der Waals surface area contributed by atoms with E-state index in [0.29, 0.717) is 11.6 Å². The Balaban J connectivity index is 0.00000192. The van der Waals surface area contributed by atoms with Gasteiger partial charge in [0.1, 0.15) is 6.33 Å². The molecule has 1 atom stereocenters. The lowest BCUT2D eigenvalue weighted by molar-refractivity contribution is 0.0692. The Hall–Kier alpha value is -1.99. The van der Waals surface area contributed by atoms with Gasteiger partial charge in [0.25, 0.3) is 5.91 Å². The van der Waals surface area contributed by atoms with Gasteiger partial charge in [-0.2, -0.15) is 0 Å². The fourth-order valence-electron chi connectivity index (χ4n) is 2.80. The predicted molar refractivity (Wildman–Crippen MR) is 89.0 cm³/mol. The molecule has 0 spiro atoms. The van der Waals surface area contributed by atoms with Gasteiger partial charge in [0.15, 0.2) is 0 Å².